The SMILES string of the molecule is CCO[Si](OCC)(OCC(c1ccccc1)c1ccccc1)c1ccccc1. The normalized spacial score (nSPS) is 11.7. The summed E-state index contributed by atoms with van der Waals surface area (Å²) in [4.78, 5) is 0. The predicted molar refractivity (Wildman–Crippen MR) is 116 cm³/mol. The second kappa shape index (κ2) is 10.3. The van der Waals surface area contributed by atoms with Gasteiger partial charge >= 0.3 is 8.80 Å². The van der Waals surface area contributed by atoms with E-state index < -0.39 is 8.80 Å². The molecule has 28 heavy (non-hydrogen) atoms. The van der Waals surface area contributed by atoms with Gasteiger partial charge in [0.25, 0.3) is 0 Å². The Morgan fingerprint density at radius 1 is 0.607 bits per heavy atom. The van der Waals surface area contributed by atoms with Crippen LogP contribution in [0.1, 0.15) is 30.9 Å². The molecule has 3 nitrogen and oxygen atoms in total. The fourth-order valence-electron chi connectivity index (χ4n) is 3.35. The minimum Gasteiger partial charge on any atom is -0.370 e. The fraction of sp³-hybridized carbons (Fsp3) is 0.250. The minimum atomic E-state index is -3.00. The number of hydrogen-bond acceptors (Lipinski definition) is 3. The van der Waals surface area contributed by atoms with Crippen molar-refractivity contribution in [2.24, 2.45) is 0 Å². The van der Waals surface area contributed by atoms with Gasteiger partial charge in [0, 0.05) is 30.9 Å². The van der Waals surface area contributed by atoms with Crippen LogP contribution in [0.2, 0.25) is 0 Å². The van der Waals surface area contributed by atoms with Gasteiger partial charge in [0.1, 0.15) is 0 Å². The van der Waals surface area contributed by atoms with Gasteiger partial charge in [-0.15, -0.1) is 0 Å². The van der Waals surface area contributed by atoms with Crippen molar-refractivity contribution in [1.29, 1.82) is 0 Å². The third-order valence-electron chi connectivity index (χ3n) is 4.64. The molecule has 0 saturated carbocycles. The third-order valence-corrected chi connectivity index (χ3v) is 7.56. The zero-order valence-electron chi connectivity index (χ0n) is 16.6. The van der Waals surface area contributed by atoms with Crippen molar-refractivity contribution >= 4 is 14.0 Å². The van der Waals surface area contributed by atoms with Crippen molar-refractivity contribution in [2.45, 2.75) is 19.8 Å². The molecule has 0 amide bonds. The molecule has 146 valence electrons. The van der Waals surface area contributed by atoms with E-state index in [1.54, 1.807) is 0 Å². The Hall–Kier alpha value is -2.24. The lowest BCUT2D eigenvalue weighted by atomic mass is 9.92. The van der Waals surface area contributed by atoms with Crippen LogP contribution < -0.4 is 5.19 Å². The summed E-state index contributed by atoms with van der Waals surface area (Å²) in [6.45, 7) is 5.55. The van der Waals surface area contributed by atoms with Gasteiger partial charge in [0.2, 0.25) is 0 Å². The second-order valence-corrected chi connectivity index (χ2v) is 9.03. The maximum absolute atomic E-state index is 6.56. The summed E-state index contributed by atoms with van der Waals surface area (Å²) >= 11 is 0. The Labute approximate surface area is 169 Å². The first kappa shape index (κ1) is 20.5. The van der Waals surface area contributed by atoms with Crippen LogP contribution in [0.5, 0.6) is 0 Å². The summed E-state index contributed by atoms with van der Waals surface area (Å²) in [6, 6.07) is 31.0. The predicted octanol–water partition coefficient (Wildman–Crippen LogP) is 4.75. The van der Waals surface area contributed by atoms with Crippen molar-refractivity contribution in [3.8, 4) is 0 Å². The van der Waals surface area contributed by atoms with Crippen LogP contribution >= 0.6 is 0 Å². The Kier molecular flexibility index (Phi) is 7.57. The lowest BCUT2D eigenvalue weighted by Crippen LogP contribution is -2.57. The van der Waals surface area contributed by atoms with Crippen molar-refractivity contribution in [3.05, 3.63) is 102 Å². The van der Waals surface area contributed by atoms with Gasteiger partial charge in [-0.25, -0.2) is 0 Å². The van der Waals surface area contributed by atoms with Gasteiger partial charge < -0.3 is 13.3 Å². The molecule has 0 radical (unpaired) electrons. The van der Waals surface area contributed by atoms with Crippen LogP contribution in [0.4, 0.5) is 0 Å². The van der Waals surface area contributed by atoms with E-state index >= 15 is 0 Å². The van der Waals surface area contributed by atoms with Gasteiger partial charge in [0.05, 0.1) is 0 Å². The van der Waals surface area contributed by atoms with Gasteiger partial charge in [0.15, 0.2) is 0 Å². The molecule has 0 unspecified atom stereocenters. The maximum Gasteiger partial charge on any atom is 0.537 e. The van der Waals surface area contributed by atoms with E-state index in [-0.39, 0.29) is 5.92 Å². The molecule has 3 rings (SSSR count). The summed E-state index contributed by atoms with van der Waals surface area (Å²) in [5, 5.41) is 0.999. The van der Waals surface area contributed by atoms with Crippen LogP contribution in [0.3, 0.4) is 0 Å². The van der Waals surface area contributed by atoms with Crippen molar-refractivity contribution in [3.63, 3.8) is 0 Å². The van der Waals surface area contributed by atoms with Crippen molar-refractivity contribution in [1.82, 2.24) is 0 Å². The first-order valence-electron chi connectivity index (χ1n) is 9.86. The van der Waals surface area contributed by atoms with E-state index in [9.17, 15) is 0 Å². The van der Waals surface area contributed by atoms with Gasteiger partial charge in [-0.05, 0) is 25.0 Å². The summed E-state index contributed by atoms with van der Waals surface area (Å²) in [5.74, 6) is 0.110. The maximum atomic E-state index is 6.56. The first-order valence-corrected chi connectivity index (χ1v) is 11.6. The second-order valence-electron chi connectivity index (χ2n) is 6.47. The first-order chi connectivity index (χ1) is 13.8. The minimum absolute atomic E-state index is 0.110. The van der Waals surface area contributed by atoms with E-state index in [1.807, 2.05) is 56.3 Å². The Bertz CT molecular complexity index is 764. The highest BCUT2D eigenvalue weighted by atomic mass is 28.4. The Morgan fingerprint density at radius 2 is 1.04 bits per heavy atom. The van der Waals surface area contributed by atoms with E-state index in [0.29, 0.717) is 19.8 Å². The molecule has 0 bridgehead atoms. The summed E-state index contributed by atoms with van der Waals surface area (Å²) in [5.41, 5.74) is 2.44. The van der Waals surface area contributed by atoms with Gasteiger partial charge in [-0.3, -0.25) is 0 Å². The zero-order valence-corrected chi connectivity index (χ0v) is 17.6. The molecule has 0 N–H and O–H groups in total. The van der Waals surface area contributed by atoms with Crippen LogP contribution in [0, 0.1) is 0 Å². The third kappa shape index (κ3) is 4.97. The average Bonchev–Trinajstić information content (AvgIpc) is 2.76. The lowest BCUT2D eigenvalue weighted by molar-refractivity contribution is 0.0788. The molecule has 0 aliphatic rings. The summed E-state index contributed by atoms with van der Waals surface area (Å²) in [6.07, 6.45) is 0. The van der Waals surface area contributed by atoms with Crippen LogP contribution in [-0.4, -0.2) is 28.6 Å². The van der Waals surface area contributed by atoms with E-state index in [0.717, 1.165) is 5.19 Å². The van der Waals surface area contributed by atoms with Crippen molar-refractivity contribution in [2.75, 3.05) is 19.8 Å². The van der Waals surface area contributed by atoms with Gasteiger partial charge in [-0.1, -0.05) is 91.0 Å². The topological polar surface area (TPSA) is 27.7 Å². The highest BCUT2D eigenvalue weighted by Gasteiger charge is 2.44. The molecular formula is C24H28O3Si. The lowest BCUT2D eigenvalue weighted by Gasteiger charge is -2.31. The van der Waals surface area contributed by atoms with E-state index in [1.165, 1.54) is 11.1 Å². The Balaban J connectivity index is 1.92. The standard InChI is InChI=1S/C24H28O3Si/c1-3-25-28(26-4-2,23-18-12-7-13-19-23)27-20-24(21-14-8-5-9-15-21)22-16-10-6-11-17-22/h5-19,24H,3-4,20H2,1-2H3. The molecule has 0 aliphatic carbocycles. The molecule has 3 aromatic rings. The summed E-state index contributed by atoms with van der Waals surface area (Å²) in [7, 11) is -3.00. The molecule has 0 spiro atoms. The van der Waals surface area contributed by atoms with Crippen LogP contribution in [0.25, 0.3) is 0 Å². The Morgan fingerprint density at radius 3 is 1.46 bits per heavy atom. The van der Waals surface area contributed by atoms with Crippen LogP contribution in [-0.2, 0) is 13.3 Å². The smallest absolute Gasteiger partial charge is 0.370 e. The van der Waals surface area contributed by atoms with E-state index in [2.05, 4.69) is 48.5 Å². The van der Waals surface area contributed by atoms with Crippen molar-refractivity contribution < 1.29 is 13.3 Å². The number of rotatable bonds is 10. The van der Waals surface area contributed by atoms with Crippen LogP contribution in [0.15, 0.2) is 91.0 Å². The molecule has 0 atom stereocenters. The molecule has 0 saturated heterocycles. The highest BCUT2D eigenvalue weighted by Crippen LogP contribution is 2.26. The molecule has 0 aliphatic heterocycles. The number of benzene rings is 3. The quantitative estimate of drug-likeness (QED) is 0.466. The van der Waals surface area contributed by atoms with Gasteiger partial charge in [-0.2, -0.15) is 0 Å². The molecule has 4 heteroatoms. The monoisotopic (exact) mass is 392 g/mol. The summed E-state index contributed by atoms with van der Waals surface area (Å²) < 4.78 is 18.9. The molecule has 0 aromatic heterocycles. The molecule has 0 heterocycles. The highest BCUT2D eigenvalue weighted by molar-refractivity contribution is 6.75. The number of hydrogen-bond donors (Lipinski definition) is 0. The molecule has 3 aromatic carbocycles. The molecule has 0 fully saturated rings. The fourth-order valence-corrected chi connectivity index (χ4v) is 5.84. The van der Waals surface area contributed by atoms with E-state index in [4.69, 9.17) is 13.3 Å². The average molecular weight is 393 g/mol. The largest absolute Gasteiger partial charge is 0.537 e. The zero-order chi connectivity index (χ0) is 19.7. The molecular weight excluding hydrogens is 364 g/mol.